The van der Waals surface area contributed by atoms with E-state index in [1.54, 1.807) is 0 Å². The molecule has 1 aliphatic heterocycles. The second-order valence-electron chi connectivity index (χ2n) is 6.95. The Morgan fingerprint density at radius 3 is 2.38 bits per heavy atom. The van der Waals surface area contributed by atoms with Crippen molar-refractivity contribution in [3.63, 3.8) is 0 Å². The molecule has 0 aromatic heterocycles. The van der Waals surface area contributed by atoms with Crippen LogP contribution in [-0.4, -0.2) is 50.0 Å². The number of carbonyl (C=O) groups excluding carboxylic acids is 1. The molecule has 0 spiro atoms. The lowest BCUT2D eigenvalue weighted by Crippen LogP contribution is -2.41. The summed E-state index contributed by atoms with van der Waals surface area (Å²) in [6, 6.07) is 17.4. The second kappa shape index (κ2) is 9.51. The van der Waals surface area contributed by atoms with Crippen LogP contribution in [-0.2, 0) is 0 Å². The van der Waals surface area contributed by atoms with E-state index in [0.717, 1.165) is 18.7 Å². The van der Waals surface area contributed by atoms with Crippen molar-refractivity contribution in [1.29, 1.82) is 0 Å². The van der Waals surface area contributed by atoms with Crippen molar-refractivity contribution in [3.05, 3.63) is 65.7 Å². The zero-order valence-corrected chi connectivity index (χ0v) is 15.5. The van der Waals surface area contributed by atoms with E-state index in [9.17, 15) is 4.79 Å². The average molecular weight is 352 g/mol. The fourth-order valence-corrected chi connectivity index (χ4v) is 3.24. The molecule has 3 rings (SSSR count). The molecular formula is C22H28N2O2. The maximum absolute atomic E-state index is 12.4. The predicted octanol–water partition coefficient (Wildman–Crippen LogP) is 3.37. The van der Waals surface area contributed by atoms with Gasteiger partial charge in [-0.2, -0.15) is 0 Å². The normalized spacial score (nSPS) is 15.7. The minimum Gasteiger partial charge on any atom is -0.494 e. The first-order chi connectivity index (χ1) is 12.7. The summed E-state index contributed by atoms with van der Waals surface area (Å²) in [4.78, 5) is 14.8. The third-order valence-corrected chi connectivity index (χ3v) is 4.89. The van der Waals surface area contributed by atoms with E-state index in [2.05, 4.69) is 17.3 Å². The number of hydrogen-bond acceptors (Lipinski definition) is 4. The van der Waals surface area contributed by atoms with Gasteiger partial charge in [0.25, 0.3) is 0 Å². The molecule has 0 bridgehead atoms. The molecule has 1 heterocycles. The Balaban J connectivity index is 1.37. The van der Waals surface area contributed by atoms with Gasteiger partial charge in [-0.3, -0.25) is 4.79 Å². The first-order valence-electron chi connectivity index (χ1n) is 9.47. The van der Waals surface area contributed by atoms with Gasteiger partial charge in [-0.15, -0.1) is 0 Å². The number of carbonyl (C=O) groups is 1. The summed E-state index contributed by atoms with van der Waals surface area (Å²) in [6.07, 6.45) is 3.44. The number of hydrogen-bond donors (Lipinski definition) is 1. The third kappa shape index (κ3) is 5.41. The van der Waals surface area contributed by atoms with Crippen molar-refractivity contribution in [2.45, 2.75) is 25.3 Å². The molecule has 0 aliphatic carbocycles. The smallest absolute Gasteiger partial charge is 0.193 e. The lowest BCUT2D eigenvalue weighted by Gasteiger charge is -2.29. The summed E-state index contributed by atoms with van der Waals surface area (Å²) in [7, 11) is 2.18. The Labute approximate surface area is 156 Å². The van der Waals surface area contributed by atoms with E-state index >= 15 is 0 Å². The van der Waals surface area contributed by atoms with Crippen LogP contribution in [0.1, 0.15) is 35.2 Å². The molecule has 4 nitrogen and oxygen atoms in total. The van der Waals surface area contributed by atoms with Crippen molar-refractivity contribution in [2.24, 2.45) is 0 Å². The molecule has 1 fully saturated rings. The molecule has 2 aromatic carbocycles. The zero-order chi connectivity index (χ0) is 18.2. The van der Waals surface area contributed by atoms with Gasteiger partial charge in [-0.1, -0.05) is 30.3 Å². The maximum atomic E-state index is 12.4. The van der Waals surface area contributed by atoms with Crippen LogP contribution in [0.15, 0.2) is 54.6 Å². The van der Waals surface area contributed by atoms with Crippen LogP contribution in [0.4, 0.5) is 0 Å². The standard InChI is InChI=1S/C22H28N2O2/c1-24-15-12-20(13-16-24)23-14-5-17-26-21-10-8-19(9-11-21)22(25)18-6-3-2-4-7-18/h2-4,6-11,20,23H,5,12-17H2,1H3. The Morgan fingerprint density at radius 1 is 1.04 bits per heavy atom. The van der Waals surface area contributed by atoms with E-state index < -0.39 is 0 Å². The Bertz CT molecular complexity index is 677. The molecule has 0 amide bonds. The highest BCUT2D eigenvalue weighted by Crippen LogP contribution is 2.15. The largest absolute Gasteiger partial charge is 0.494 e. The Hall–Kier alpha value is -2.17. The zero-order valence-electron chi connectivity index (χ0n) is 15.5. The van der Waals surface area contributed by atoms with E-state index in [1.807, 2.05) is 54.6 Å². The van der Waals surface area contributed by atoms with Crippen LogP contribution in [0.25, 0.3) is 0 Å². The van der Waals surface area contributed by atoms with Gasteiger partial charge in [0.15, 0.2) is 5.78 Å². The predicted molar refractivity (Wildman–Crippen MR) is 105 cm³/mol. The van der Waals surface area contributed by atoms with Crippen LogP contribution < -0.4 is 10.1 Å². The summed E-state index contributed by atoms with van der Waals surface area (Å²) in [5, 5.41) is 3.62. The van der Waals surface area contributed by atoms with Gasteiger partial charge in [0, 0.05) is 17.2 Å². The van der Waals surface area contributed by atoms with E-state index in [0.29, 0.717) is 23.8 Å². The van der Waals surface area contributed by atoms with Crippen LogP contribution in [0, 0.1) is 0 Å². The van der Waals surface area contributed by atoms with Gasteiger partial charge in [-0.05, 0) is 70.2 Å². The van der Waals surface area contributed by atoms with Crippen LogP contribution in [0.2, 0.25) is 0 Å². The van der Waals surface area contributed by atoms with E-state index in [1.165, 1.54) is 25.9 Å². The van der Waals surface area contributed by atoms with Crippen LogP contribution >= 0.6 is 0 Å². The highest BCUT2D eigenvalue weighted by molar-refractivity contribution is 6.08. The summed E-state index contributed by atoms with van der Waals surface area (Å²) in [5.74, 6) is 0.855. The minimum atomic E-state index is 0.0412. The quantitative estimate of drug-likeness (QED) is 0.584. The fourth-order valence-electron chi connectivity index (χ4n) is 3.24. The number of ketones is 1. The molecule has 1 saturated heterocycles. The maximum Gasteiger partial charge on any atom is 0.193 e. The molecule has 4 heteroatoms. The van der Waals surface area contributed by atoms with E-state index in [4.69, 9.17) is 4.74 Å². The van der Waals surface area contributed by atoms with Gasteiger partial charge in [0.05, 0.1) is 6.61 Å². The van der Waals surface area contributed by atoms with Crippen molar-refractivity contribution in [3.8, 4) is 5.75 Å². The highest BCUT2D eigenvalue weighted by atomic mass is 16.5. The third-order valence-electron chi connectivity index (χ3n) is 4.89. The molecule has 138 valence electrons. The molecule has 1 N–H and O–H groups in total. The monoisotopic (exact) mass is 352 g/mol. The van der Waals surface area contributed by atoms with Crippen molar-refractivity contribution >= 4 is 5.78 Å². The number of benzene rings is 2. The lowest BCUT2D eigenvalue weighted by atomic mass is 10.0. The molecule has 0 unspecified atom stereocenters. The SMILES string of the molecule is CN1CCC(NCCCOc2ccc(C(=O)c3ccccc3)cc2)CC1. The summed E-state index contributed by atoms with van der Waals surface area (Å²) in [6.45, 7) is 4.04. The van der Waals surface area contributed by atoms with Crippen molar-refractivity contribution in [1.82, 2.24) is 10.2 Å². The summed E-state index contributed by atoms with van der Waals surface area (Å²) in [5.41, 5.74) is 1.40. The fraction of sp³-hybridized carbons (Fsp3) is 0.409. The van der Waals surface area contributed by atoms with Crippen LogP contribution in [0.3, 0.4) is 0 Å². The number of nitrogens with one attached hydrogen (secondary N) is 1. The number of piperidine rings is 1. The van der Waals surface area contributed by atoms with Gasteiger partial charge < -0.3 is 15.0 Å². The highest BCUT2D eigenvalue weighted by Gasteiger charge is 2.15. The van der Waals surface area contributed by atoms with E-state index in [-0.39, 0.29) is 5.78 Å². The molecule has 0 atom stereocenters. The van der Waals surface area contributed by atoms with Crippen molar-refractivity contribution in [2.75, 3.05) is 33.3 Å². The molecule has 26 heavy (non-hydrogen) atoms. The average Bonchev–Trinajstić information content (AvgIpc) is 2.70. The number of likely N-dealkylation sites (tertiary alicyclic amines) is 1. The molecular weight excluding hydrogens is 324 g/mol. The summed E-state index contributed by atoms with van der Waals surface area (Å²) >= 11 is 0. The summed E-state index contributed by atoms with van der Waals surface area (Å²) < 4.78 is 5.79. The molecule has 0 saturated carbocycles. The van der Waals surface area contributed by atoms with Gasteiger partial charge in [0.1, 0.15) is 5.75 Å². The van der Waals surface area contributed by atoms with Crippen molar-refractivity contribution < 1.29 is 9.53 Å². The number of rotatable bonds is 8. The molecule has 2 aromatic rings. The minimum absolute atomic E-state index is 0.0412. The topological polar surface area (TPSA) is 41.6 Å². The Kier molecular flexibility index (Phi) is 6.81. The second-order valence-corrected chi connectivity index (χ2v) is 6.95. The first-order valence-corrected chi connectivity index (χ1v) is 9.47. The lowest BCUT2D eigenvalue weighted by molar-refractivity contribution is 0.103. The van der Waals surface area contributed by atoms with Gasteiger partial charge >= 0.3 is 0 Å². The number of nitrogens with zero attached hydrogens (tertiary/aromatic N) is 1. The Morgan fingerprint density at radius 2 is 1.69 bits per heavy atom. The van der Waals surface area contributed by atoms with Crippen LogP contribution in [0.5, 0.6) is 5.75 Å². The number of ether oxygens (including phenoxy) is 1. The molecule has 0 radical (unpaired) electrons. The first kappa shape index (κ1) is 18.6. The van der Waals surface area contributed by atoms with Gasteiger partial charge in [-0.25, -0.2) is 0 Å². The van der Waals surface area contributed by atoms with Gasteiger partial charge in [0.2, 0.25) is 0 Å². The molecule has 1 aliphatic rings.